The standard InChI is InChI=1S/C33H54N15O18P/c34-1-13(49)25(61)31(16(52)4-37,46(19(55)7-40)20(56)8-41)28(64)67(29(65)32(17(53)5-38,26(62)14(50)2-35)47(21(57)9-42)22(58)10-43)30(66)33(18(54)6-39,27(63)15(51)3-36)48(23(59)11-44)24(60)12-45/h25-27,61-63H,1-12,34-45H2/t25?,26?,27?,31-,32-,33-,67?/m0/s1. The number of amides is 6. The first kappa shape index (κ1) is 61.3. The number of nitrogens with zero attached hydrogens (tertiary/aromatic N) is 3. The Bertz CT molecular complexity index is 1790. The SMILES string of the molecule is NCC(=O)C(O)[C@@](C(=O)CN)(C(=O)P(C(=O)[C@](C(=O)CN)(C(O)C(=O)CN)N(C(=O)CN)C(=O)CN)C(=O)[C@](C(=O)CN)(C(O)C(=O)CN)N(C(=O)CN)C(=O)CN)N(C(=O)CN)C(=O)CN. The second-order valence-corrected chi connectivity index (χ2v) is 15.1. The van der Waals surface area contributed by atoms with Crippen LogP contribution in [0.4, 0.5) is 0 Å². The first-order valence-corrected chi connectivity index (χ1v) is 20.2. The summed E-state index contributed by atoms with van der Waals surface area (Å²) in [5.74, 6) is -25.3. The van der Waals surface area contributed by atoms with Gasteiger partial charge in [0, 0.05) is 0 Å². The number of Topliss-reactive ketones (excluding diaryl/α,β-unsaturated/α-hetero) is 6. The normalized spacial score (nSPS) is 15.6. The second-order valence-electron chi connectivity index (χ2n) is 13.2. The Kier molecular flexibility index (Phi) is 23.8. The molecule has 0 aliphatic rings. The van der Waals surface area contributed by atoms with Crippen molar-refractivity contribution in [3.63, 3.8) is 0 Å². The van der Waals surface area contributed by atoms with Gasteiger partial charge in [-0.05, 0) is 0 Å². The van der Waals surface area contributed by atoms with Crippen LogP contribution in [-0.2, 0) is 71.9 Å². The molecule has 0 heterocycles. The Hall–Kier alpha value is -5.72. The van der Waals surface area contributed by atoms with Gasteiger partial charge in [-0.15, -0.1) is 0 Å². The average Bonchev–Trinajstić information content (AvgIpc) is 3.34. The van der Waals surface area contributed by atoms with Crippen LogP contribution >= 0.6 is 7.92 Å². The van der Waals surface area contributed by atoms with Crippen molar-refractivity contribution in [1.82, 2.24) is 14.7 Å². The highest BCUT2D eigenvalue weighted by Crippen LogP contribution is 2.54. The zero-order valence-corrected chi connectivity index (χ0v) is 36.3. The lowest BCUT2D eigenvalue weighted by molar-refractivity contribution is -0.171. The van der Waals surface area contributed by atoms with Crippen molar-refractivity contribution in [3.8, 4) is 0 Å². The summed E-state index contributed by atoms with van der Waals surface area (Å²) in [4.78, 5) is 212. The van der Waals surface area contributed by atoms with Gasteiger partial charge in [-0.25, -0.2) is 0 Å². The summed E-state index contributed by atoms with van der Waals surface area (Å²) in [5.41, 5.74) is 42.7. The highest BCUT2D eigenvalue weighted by Gasteiger charge is 2.73. The van der Waals surface area contributed by atoms with Gasteiger partial charge >= 0.3 is 0 Å². The molecule has 0 radical (unpaired) electrons. The molecule has 34 heteroatoms. The molecule has 0 aliphatic heterocycles. The van der Waals surface area contributed by atoms with Gasteiger partial charge in [0.1, 0.15) is 7.92 Å². The van der Waals surface area contributed by atoms with Crippen molar-refractivity contribution in [2.24, 2.45) is 68.8 Å². The van der Waals surface area contributed by atoms with Crippen molar-refractivity contribution in [3.05, 3.63) is 0 Å². The molecule has 0 aliphatic carbocycles. The predicted molar refractivity (Wildman–Crippen MR) is 222 cm³/mol. The van der Waals surface area contributed by atoms with E-state index in [9.17, 15) is 72.9 Å². The Morgan fingerprint density at radius 1 is 0.313 bits per heavy atom. The molecule has 0 aromatic carbocycles. The van der Waals surface area contributed by atoms with E-state index in [1.165, 1.54) is 0 Å². The van der Waals surface area contributed by atoms with Gasteiger partial charge in [-0.3, -0.25) is 86.6 Å². The fourth-order valence-corrected chi connectivity index (χ4v) is 9.24. The van der Waals surface area contributed by atoms with Crippen molar-refractivity contribution < 1.29 is 87.2 Å². The van der Waals surface area contributed by atoms with Crippen LogP contribution in [0, 0.1) is 0 Å². The van der Waals surface area contributed by atoms with Gasteiger partial charge in [0.15, 0.2) is 53.0 Å². The number of ketones is 6. The Labute approximate surface area is 378 Å². The van der Waals surface area contributed by atoms with Gasteiger partial charge in [0.2, 0.25) is 68.6 Å². The number of aliphatic hydroxyl groups excluding tert-OH is 3. The third kappa shape index (κ3) is 10.7. The van der Waals surface area contributed by atoms with E-state index >= 15 is 14.4 Å². The molecule has 33 nitrogen and oxygen atoms in total. The lowest BCUT2D eigenvalue weighted by Crippen LogP contribution is -2.78. The molecule has 0 aromatic rings. The van der Waals surface area contributed by atoms with Gasteiger partial charge in [0.25, 0.3) is 0 Å². The predicted octanol–water partition coefficient (Wildman–Crippen LogP) is -15.7. The number of hydrogen-bond acceptors (Lipinski definition) is 30. The van der Waals surface area contributed by atoms with Crippen molar-refractivity contribution in [1.29, 1.82) is 0 Å². The summed E-state index contributed by atoms with van der Waals surface area (Å²) >= 11 is 0. The van der Waals surface area contributed by atoms with E-state index in [0.717, 1.165) is 0 Å². The van der Waals surface area contributed by atoms with Crippen LogP contribution < -0.4 is 68.8 Å². The van der Waals surface area contributed by atoms with Gasteiger partial charge in [0.05, 0.1) is 78.5 Å². The maximum absolute atomic E-state index is 16.0. The lowest BCUT2D eigenvalue weighted by atomic mass is 9.82. The van der Waals surface area contributed by atoms with Crippen LogP contribution in [0.3, 0.4) is 0 Å². The molecule has 0 rings (SSSR count). The van der Waals surface area contributed by atoms with Gasteiger partial charge < -0.3 is 84.1 Å². The first-order chi connectivity index (χ1) is 31.2. The van der Waals surface area contributed by atoms with E-state index in [2.05, 4.69) is 0 Å². The fraction of sp³-hybridized carbons (Fsp3) is 0.545. The number of nitrogens with two attached hydrogens (primary N) is 12. The summed E-state index contributed by atoms with van der Waals surface area (Å²) in [6.07, 6.45) is -11.2. The molecule has 0 fully saturated rings. The topological polar surface area (TPSA) is 639 Å². The number of carbonyl (C=O) groups excluding carboxylic acids is 15. The number of hydrogen-bond donors (Lipinski definition) is 15. The fourth-order valence-electron chi connectivity index (χ4n) is 6.63. The Morgan fingerprint density at radius 3 is 0.597 bits per heavy atom. The molecule has 6 atom stereocenters. The van der Waals surface area contributed by atoms with E-state index in [4.69, 9.17) is 68.8 Å². The monoisotopic (exact) mass is 979 g/mol. The Morgan fingerprint density at radius 2 is 0.478 bits per heavy atom. The van der Waals surface area contributed by atoms with E-state index in [1.807, 2.05) is 0 Å². The quantitative estimate of drug-likeness (QED) is 0.0235. The summed E-state index contributed by atoms with van der Waals surface area (Å²) in [6, 6.07) is 0. The van der Waals surface area contributed by atoms with Crippen LogP contribution in [0.15, 0.2) is 0 Å². The van der Waals surface area contributed by atoms with Crippen LogP contribution in [0.5, 0.6) is 0 Å². The van der Waals surface area contributed by atoms with Gasteiger partial charge in [-0.2, -0.15) is 0 Å². The number of aliphatic hydroxyl groups is 3. The summed E-state index contributed by atoms with van der Waals surface area (Å²) in [5, 5.41) is 35.4. The number of imide groups is 3. The molecule has 374 valence electrons. The van der Waals surface area contributed by atoms with Crippen LogP contribution in [0.1, 0.15) is 0 Å². The largest absolute Gasteiger partial charge is 0.382 e. The number of carbonyl (C=O) groups is 15. The smallest absolute Gasteiger partial charge is 0.244 e. The molecular formula is C33H54N15O18P. The zero-order chi connectivity index (χ0) is 52.7. The highest BCUT2D eigenvalue weighted by molar-refractivity contribution is 8.02. The van der Waals surface area contributed by atoms with E-state index in [1.54, 1.807) is 0 Å². The second kappa shape index (κ2) is 26.0. The van der Waals surface area contributed by atoms with E-state index in [0.29, 0.717) is 0 Å². The average molecular weight is 980 g/mol. The molecule has 0 bridgehead atoms. The third-order valence-electron chi connectivity index (χ3n) is 9.73. The zero-order valence-electron chi connectivity index (χ0n) is 35.4. The Balaban J connectivity index is 11.0. The van der Waals surface area contributed by atoms with E-state index in [-0.39, 0.29) is 0 Å². The lowest BCUT2D eigenvalue weighted by Gasteiger charge is -2.48. The highest BCUT2D eigenvalue weighted by atomic mass is 31.1. The third-order valence-corrected chi connectivity index (χ3v) is 12.0. The molecule has 0 saturated heterocycles. The van der Waals surface area contributed by atoms with Crippen molar-refractivity contribution in [2.75, 3.05) is 78.5 Å². The maximum atomic E-state index is 16.0. The molecule has 0 saturated carbocycles. The van der Waals surface area contributed by atoms with Gasteiger partial charge in [-0.1, -0.05) is 0 Å². The molecular weight excluding hydrogens is 925 g/mol. The van der Waals surface area contributed by atoms with Crippen molar-refractivity contribution >= 4 is 94.6 Å². The molecule has 67 heavy (non-hydrogen) atoms. The number of rotatable bonds is 30. The molecule has 0 spiro atoms. The molecule has 3 unspecified atom stereocenters. The summed E-state index contributed by atoms with van der Waals surface area (Å²) < 4.78 is 0. The first-order valence-electron chi connectivity index (χ1n) is 18.9. The van der Waals surface area contributed by atoms with Crippen molar-refractivity contribution in [2.45, 2.75) is 34.9 Å². The summed E-state index contributed by atoms with van der Waals surface area (Å²) in [7, 11) is -5.67. The molecule has 0 aromatic heterocycles. The summed E-state index contributed by atoms with van der Waals surface area (Å²) in [6.45, 7) is -19.3. The van der Waals surface area contributed by atoms with E-state index < -0.39 is 223 Å². The van der Waals surface area contributed by atoms with Crippen LogP contribution in [-0.4, -0.2) is 230 Å². The maximum Gasteiger partial charge on any atom is 0.244 e. The minimum Gasteiger partial charge on any atom is -0.382 e. The minimum atomic E-state index is -5.67. The van der Waals surface area contributed by atoms with Crippen LogP contribution in [0.2, 0.25) is 0 Å². The minimum absolute atomic E-state index is 0.734. The van der Waals surface area contributed by atoms with Crippen LogP contribution in [0.25, 0.3) is 0 Å². The molecule has 27 N–H and O–H groups in total. The molecule has 6 amide bonds.